The number of carboxylic acids is 1. The molecule has 0 aliphatic rings. The summed E-state index contributed by atoms with van der Waals surface area (Å²) in [6.07, 6.45) is 1.20. The molecule has 112 valence electrons. The number of sulfone groups is 1. The number of carbonyl (C=O) groups is 1. The number of carboxylic acid groups (broad SMARTS) is 1. The summed E-state index contributed by atoms with van der Waals surface area (Å²) in [6.45, 7) is 0.938. The second-order valence-electron chi connectivity index (χ2n) is 4.71. The van der Waals surface area contributed by atoms with Crippen LogP contribution in [0.15, 0.2) is 18.2 Å². The molecule has 0 aliphatic carbocycles. The molecule has 1 N–H and O–H groups in total. The minimum absolute atomic E-state index is 0.0911. The molecule has 0 unspecified atom stereocenters. The van der Waals surface area contributed by atoms with Crippen LogP contribution >= 0.6 is 0 Å². The fourth-order valence-electron chi connectivity index (χ4n) is 1.72. The smallest absolute Gasteiger partial charge is 0.339 e. The van der Waals surface area contributed by atoms with Gasteiger partial charge in [-0.05, 0) is 24.7 Å². The molecule has 0 atom stereocenters. The number of ether oxygens (including phenoxy) is 1. The van der Waals surface area contributed by atoms with Crippen LogP contribution in [0.2, 0.25) is 0 Å². The summed E-state index contributed by atoms with van der Waals surface area (Å²) >= 11 is 0. The van der Waals surface area contributed by atoms with E-state index >= 15 is 0 Å². The Morgan fingerprint density at radius 2 is 2.05 bits per heavy atom. The van der Waals surface area contributed by atoms with Crippen molar-refractivity contribution in [2.75, 3.05) is 32.7 Å². The predicted octanol–water partition coefficient (Wildman–Crippen LogP) is 0.870. The highest BCUT2D eigenvalue weighted by molar-refractivity contribution is 7.90. The van der Waals surface area contributed by atoms with E-state index in [2.05, 4.69) is 0 Å². The molecule has 1 aromatic carbocycles. The Kier molecular flexibility index (Phi) is 5.52. The molecule has 7 heteroatoms. The summed E-state index contributed by atoms with van der Waals surface area (Å²) in [5.41, 5.74) is 0.970. The number of benzene rings is 1. The van der Waals surface area contributed by atoms with Crippen LogP contribution < -0.4 is 4.74 Å². The van der Waals surface area contributed by atoms with Gasteiger partial charge in [0.1, 0.15) is 21.2 Å². The maximum absolute atomic E-state index is 11.1. The molecule has 0 aliphatic heterocycles. The summed E-state index contributed by atoms with van der Waals surface area (Å²) in [5.74, 6) is -0.654. The van der Waals surface area contributed by atoms with Gasteiger partial charge in [-0.1, -0.05) is 6.07 Å². The Hall–Kier alpha value is -1.60. The lowest BCUT2D eigenvalue weighted by molar-refractivity contribution is 0.0693. The normalized spacial score (nSPS) is 11.6. The van der Waals surface area contributed by atoms with Gasteiger partial charge in [0.15, 0.2) is 0 Å². The van der Waals surface area contributed by atoms with E-state index in [1.807, 2.05) is 11.9 Å². The van der Waals surface area contributed by atoms with Gasteiger partial charge >= 0.3 is 5.97 Å². The molecule has 0 spiro atoms. The number of nitrogens with zero attached hydrogens (tertiary/aromatic N) is 1. The van der Waals surface area contributed by atoms with Gasteiger partial charge in [-0.25, -0.2) is 13.2 Å². The molecular formula is C13H19NO5S. The van der Waals surface area contributed by atoms with E-state index in [1.54, 1.807) is 12.1 Å². The summed E-state index contributed by atoms with van der Waals surface area (Å²) in [4.78, 5) is 12.8. The zero-order valence-electron chi connectivity index (χ0n) is 11.8. The second-order valence-corrected chi connectivity index (χ2v) is 6.97. The zero-order valence-corrected chi connectivity index (χ0v) is 12.6. The highest BCUT2D eigenvalue weighted by atomic mass is 32.2. The molecule has 0 bridgehead atoms. The maximum Gasteiger partial charge on any atom is 0.339 e. The summed E-state index contributed by atoms with van der Waals surface area (Å²) in [5, 5.41) is 8.99. The first-order valence-corrected chi connectivity index (χ1v) is 8.05. The number of rotatable bonds is 7. The molecule has 0 saturated heterocycles. The van der Waals surface area contributed by atoms with Gasteiger partial charge in [0, 0.05) is 19.3 Å². The van der Waals surface area contributed by atoms with Crippen LogP contribution in [0.3, 0.4) is 0 Å². The van der Waals surface area contributed by atoms with Crippen LogP contribution in [0, 0.1) is 0 Å². The van der Waals surface area contributed by atoms with Crippen LogP contribution in [-0.4, -0.2) is 57.1 Å². The Balaban J connectivity index is 2.76. The van der Waals surface area contributed by atoms with Gasteiger partial charge in [-0.15, -0.1) is 0 Å². The van der Waals surface area contributed by atoms with Crippen molar-refractivity contribution in [1.82, 2.24) is 4.90 Å². The molecule has 0 heterocycles. The fraction of sp³-hybridized carbons (Fsp3) is 0.462. The quantitative estimate of drug-likeness (QED) is 0.804. The zero-order chi connectivity index (χ0) is 15.3. The van der Waals surface area contributed by atoms with Gasteiger partial charge in [0.25, 0.3) is 0 Å². The summed E-state index contributed by atoms with van der Waals surface area (Å²) < 4.78 is 27.2. The van der Waals surface area contributed by atoms with Crippen LogP contribution in [-0.2, 0) is 16.4 Å². The molecule has 20 heavy (non-hydrogen) atoms. The Bertz CT molecular complexity index is 582. The van der Waals surface area contributed by atoms with E-state index in [0.717, 1.165) is 5.56 Å². The first-order valence-electron chi connectivity index (χ1n) is 5.99. The van der Waals surface area contributed by atoms with Crippen molar-refractivity contribution in [2.24, 2.45) is 0 Å². The predicted molar refractivity (Wildman–Crippen MR) is 76.0 cm³/mol. The lowest BCUT2D eigenvalue weighted by atomic mass is 10.1. The Labute approximate surface area is 118 Å². The number of methoxy groups -OCH3 is 1. The molecule has 6 nitrogen and oxygen atoms in total. The van der Waals surface area contributed by atoms with Crippen molar-refractivity contribution in [2.45, 2.75) is 6.54 Å². The van der Waals surface area contributed by atoms with Crippen LogP contribution in [0.25, 0.3) is 0 Å². The third-order valence-corrected chi connectivity index (χ3v) is 3.72. The van der Waals surface area contributed by atoms with Crippen LogP contribution in [0.5, 0.6) is 5.75 Å². The van der Waals surface area contributed by atoms with Gasteiger partial charge < -0.3 is 14.7 Å². The van der Waals surface area contributed by atoms with Gasteiger partial charge in [-0.3, -0.25) is 0 Å². The number of hydrogen-bond donors (Lipinski definition) is 1. The number of aromatic carboxylic acids is 1. The highest BCUT2D eigenvalue weighted by Crippen LogP contribution is 2.20. The summed E-state index contributed by atoms with van der Waals surface area (Å²) in [6, 6.07) is 4.84. The van der Waals surface area contributed by atoms with Gasteiger partial charge in [-0.2, -0.15) is 0 Å². The highest BCUT2D eigenvalue weighted by Gasteiger charge is 2.12. The van der Waals surface area contributed by atoms with E-state index in [-0.39, 0.29) is 11.3 Å². The monoisotopic (exact) mass is 301 g/mol. The van der Waals surface area contributed by atoms with Crippen molar-refractivity contribution in [3.8, 4) is 5.75 Å². The number of hydrogen-bond acceptors (Lipinski definition) is 5. The average Bonchev–Trinajstić information content (AvgIpc) is 2.35. The van der Waals surface area contributed by atoms with Gasteiger partial charge in [0.05, 0.1) is 12.9 Å². The molecule has 0 aromatic heterocycles. The Morgan fingerprint density at radius 3 is 2.55 bits per heavy atom. The maximum atomic E-state index is 11.1. The topological polar surface area (TPSA) is 83.9 Å². The molecule has 0 saturated carbocycles. The molecule has 0 radical (unpaired) electrons. The Morgan fingerprint density at radius 1 is 1.40 bits per heavy atom. The largest absolute Gasteiger partial charge is 0.496 e. The van der Waals surface area contributed by atoms with Crippen LogP contribution in [0.1, 0.15) is 15.9 Å². The summed E-state index contributed by atoms with van der Waals surface area (Å²) in [7, 11) is 0.238. The van der Waals surface area contributed by atoms with Crippen molar-refractivity contribution in [3.05, 3.63) is 29.3 Å². The minimum Gasteiger partial charge on any atom is -0.496 e. The fourth-order valence-corrected chi connectivity index (χ4v) is 2.37. The molecule has 0 fully saturated rings. The molecule has 1 aromatic rings. The van der Waals surface area contributed by atoms with Crippen molar-refractivity contribution in [1.29, 1.82) is 0 Å². The van der Waals surface area contributed by atoms with Crippen molar-refractivity contribution >= 4 is 15.8 Å². The van der Waals surface area contributed by atoms with E-state index in [1.165, 1.54) is 19.4 Å². The van der Waals surface area contributed by atoms with Gasteiger partial charge in [0.2, 0.25) is 0 Å². The third-order valence-electron chi connectivity index (χ3n) is 2.79. The SMILES string of the molecule is COc1cc(CN(C)CCS(C)(=O)=O)ccc1C(=O)O. The standard InChI is InChI=1S/C13H19NO5S/c1-14(6-7-20(3,17)18)9-10-4-5-11(13(15)16)12(8-10)19-2/h4-5,8H,6-7,9H2,1-3H3,(H,15,16). The third kappa shape index (κ3) is 5.18. The van der Waals surface area contributed by atoms with Crippen LogP contribution in [0.4, 0.5) is 0 Å². The second kappa shape index (κ2) is 6.71. The lowest BCUT2D eigenvalue weighted by Gasteiger charge is -2.17. The molecule has 0 amide bonds. The van der Waals surface area contributed by atoms with E-state index < -0.39 is 15.8 Å². The lowest BCUT2D eigenvalue weighted by Crippen LogP contribution is -2.24. The van der Waals surface area contributed by atoms with E-state index in [4.69, 9.17) is 9.84 Å². The first kappa shape index (κ1) is 16.5. The molecular weight excluding hydrogens is 282 g/mol. The van der Waals surface area contributed by atoms with E-state index in [9.17, 15) is 13.2 Å². The van der Waals surface area contributed by atoms with E-state index in [0.29, 0.717) is 18.8 Å². The van der Waals surface area contributed by atoms with Crippen molar-refractivity contribution < 1.29 is 23.1 Å². The van der Waals surface area contributed by atoms with Crippen molar-refractivity contribution in [3.63, 3.8) is 0 Å². The molecule has 1 rings (SSSR count). The first-order chi connectivity index (χ1) is 9.23. The minimum atomic E-state index is -2.99. The average molecular weight is 301 g/mol.